The van der Waals surface area contributed by atoms with Crippen LogP contribution in [0.5, 0.6) is 0 Å². The average molecular weight is 400 g/mol. The molecule has 7 nitrogen and oxygen atoms in total. The molecule has 0 aliphatic carbocycles. The maximum atomic E-state index is 12.9. The van der Waals surface area contributed by atoms with E-state index in [0.29, 0.717) is 12.1 Å². The minimum absolute atomic E-state index is 0.107. The lowest BCUT2D eigenvalue weighted by molar-refractivity contribution is 0.0904. The van der Waals surface area contributed by atoms with Gasteiger partial charge >= 0.3 is 0 Å². The first kappa shape index (κ1) is 18.9. The molecular weight excluding hydrogens is 374 g/mol. The Morgan fingerprint density at radius 1 is 1.36 bits per heavy atom. The number of aryl methyl sites for hydroxylation is 1. The molecule has 1 aliphatic rings. The van der Waals surface area contributed by atoms with Gasteiger partial charge in [0.1, 0.15) is 0 Å². The normalized spacial score (nSPS) is 15.0. The van der Waals surface area contributed by atoms with Crippen LogP contribution in [0.4, 0.5) is 5.69 Å². The smallest absolute Gasteiger partial charge is 0.254 e. The lowest BCUT2D eigenvalue weighted by atomic mass is 10.1. The van der Waals surface area contributed by atoms with E-state index in [2.05, 4.69) is 32.2 Å². The molecule has 8 heteroatoms. The quantitative estimate of drug-likeness (QED) is 0.638. The van der Waals surface area contributed by atoms with E-state index in [9.17, 15) is 4.79 Å². The molecule has 0 spiro atoms. The van der Waals surface area contributed by atoms with Crippen molar-refractivity contribution in [3.05, 3.63) is 40.3 Å². The van der Waals surface area contributed by atoms with Crippen molar-refractivity contribution in [2.24, 2.45) is 0 Å². The number of carbonyl (C=O) groups excluding carboxylic acids is 1. The summed E-state index contributed by atoms with van der Waals surface area (Å²) < 4.78 is 7.32. The molecule has 1 saturated heterocycles. The molecule has 0 saturated carbocycles. The van der Waals surface area contributed by atoms with Gasteiger partial charge in [0.2, 0.25) is 0 Å². The second-order valence-corrected chi connectivity index (χ2v) is 7.89. The average Bonchev–Trinajstić information content (AvgIpc) is 3.38. The maximum absolute atomic E-state index is 12.9. The number of amides is 1. The van der Waals surface area contributed by atoms with Crippen LogP contribution in [0, 0.1) is 0 Å². The third-order valence-corrected chi connectivity index (χ3v) is 5.95. The van der Waals surface area contributed by atoms with E-state index in [1.807, 2.05) is 17.7 Å². The Hall–Kier alpha value is -2.45. The molecule has 0 unspecified atom stereocenters. The Balaban J connectivity index is 1.58. The van der Waals surface area contributed by atoms with Crippen molar-refractivity contribution >= 4 is 34.0 Å². The molecule has 1 aliphatic heterocycles. The van der Waals surface area contributed by atoms with Gasteiger partial charge in [-0.05, 0) is 37.6 Å². The second kappa shape index (κ2) is 8.70. The Kier molecular flexibility index (Phi) is 5.87. The van der Waals surface area contributed by atoms with Gasteiger partial charge in [0.05, 0.1) is 22.8 Å². The van der Waals surface area contributed by atoms with Gasteiger partial charge in [-0.25, -0.2) is 9.67 Å². The van der Waals surface area contributed by atoms with Crippen LogP contribution >= 0.6 is 11.3 Å². The number of fused-ring (bicyclic) bond motifs is 1. The van der Waals surface area contributed by atoms with Crippen molar-refractivity contribution < 1.29 is 9.53 Å². The first-order chi connectivity index (χ1) is 13.8. The van der Waals surface area contributed by atoms with Gasteiger partial charge in [-0.2, -0.15) is 5.10 Å². The number of thiophene rings is 1. The van der Waals surface area contributed by atoms with Crippen LogP contribution in [0.25, 0.3) is 11.0 Å². The van der Waals surface area contributed by atoms with Crippen LogP contribution in [-0.2, 0) is 17.7 Å². The zero-order chi connectivity index (χ0) is 19.3. The molecule has 0 atom stereocenters. The lowest BCUT2D eigenvalue weighted by Gasteiger charge is -2.25. The monoisotopic (exact) mass is 399 g/mol. The number of ether oxygens (including phenoxy) is 1. The summed E-state index contributed by atoms with van der Waals surface area (Å²) in [6, 6.07) is 4.39. The van der Waals surface area contributed by atoms with E-state index in [1.54, 1.807) is 23.7 Å². The fraction of sp³-hybridized carbons (Fsp3) is 0.450. The number of aromatic nitrogens is 3. The van der Waals surface area contributed by atoms with Crippen LogP contribution in [0.15, 0.2) is 29.9 Å². The number of nitrogens with zero attached hydrogens (tertiary/aromatic N) is 3. The lowest BCUT2D eigenvalue weighted by Crippen LogP contribution is -2.31. The molecular formula is C20H25N5O2S. The van der Waals surface area contributed by atoms with E-state index in [1.165, 1.54) is 4.88 Å². The van der Waals surface area contributed by atoms with Crippen LogP contribution in [0.3, 0.4) is 0 Å². The fourth-order valence-corrected chi connectivity index (χ4v) is 4.19. The second-order valence-electron chi connectivity index (χ2n) is 6.86. The fourth-order valence-electron chi connectivity index (χ4n) is 3.48. The van der Waals surface area contributed by atoms with E-state index in [0.717, 1.165) is 55.7 Å². The Morgan fingerprint density at radius 2 is 2.21 bits per heavy atom. The molecule has 2 N–H and O–H groups in total. The highest BCUT2D eigenvalue weighted by Crippen LogP contribution is 2.28. The molecule has 3 aromatic rings. The SMILES string of the molecule is CCn1ncc2c(NC3CCOCC3)c(C(=O)NCCc3cccs3)cnc21. The third-order valence-electron chi connectivity index (χ3n) is 5.02. The number of anilines is 1. The number of pyridine rings is 1. The maximum Gasteiger partial charge on any atom is 0.254 e. The predicted molar refractivity (Wildman–Crippen MR) is 111 cm³/mol. The molecule has 1 fully saturated rings. The number of carbonyl (C=O) groups is 1. The zero-order valence-electron chi connectivity index (χ0n) is 16.0. The first-order valence-electron chi connectivity index (χ1n) is 9.75. The molecule has 0 bridgehead atoms. The molecule has 28 heavy (non-hydrogen) atoms. The molecule has 4 rings (SSSR count). The van der Waals surface area contributed by atoms with Crippen molar-refractivity contribution in [1.82, 2.24) is 20.1 Å². The zero-order valence-corrected chi connectivity index (χ0v) is 16.8. The highest BCUT2D eigenvalue weighted by atomic mass is 32.1. The predicted octanol–water partition coefficient (Wildman–Crippen LogP) is 3.08. The van der Waals surface area contributed by atoms with Gasteiger partial charge < -0.3 is 15.4 Å². The van der Waals surface area contributed by atoms with Crippen LogP contribution < -0.4 is 10.6 Å². The van der Waals surface area contributed by atoms with Gasteiger partial charge in [-0.15, -0.1) is 11.3 Å². The Bertz CT molecular complexity index is 932. The van der Waals surface area contributed by atoms with E-state index >= 15 is 0 Å². The summed E-state index contributed by atoms with van der Waals surface area (Å²) >= 11 is 1.71. The van der Waals surface area contributed by atoms with E-state index < -0.39 is 0 Å². The Labute approximate surface area is 168 Å². The molecule has 0 radical (unpaired) electrons. The standard InChI is InChI=1S/C20H25N5O2S/c1-2-25-19-16(13-23-25)18(24-14-6-9-27-10-7-14)17(12-22-19)20(26)21-8-5-15-4-3-11-28-15/h3-4,11-14H,2,5-10H2,1H3,(H,21,26)(H,22,24). The first-order valence-corrected chi connectivity index (χ1v) is 10.6. The summed E-state index contributed by atoms with van der Waals surface area (Å²) in [5.41, 5.74) is 2.19. The van der Waals surface area contributed by atoms with Gasteiger partial charge in [-0.1, -0.05) is 6.07 Å². The molecule has 148 valence electrons. The van der Waals surface area contributed by atoms with Gasteiger partial charge in [0.25, 0.3) is 5.91 Å². The van der Waals surface area contributed by atoms with Crippen molar-refractivity contribution in [3.8, 4) is 0 Å². The van der Waals surface area contributed by atoms with Gasteiger partial charge in [0, 0.05) is 43.4 Å². The molecule has 1 amide bonds. The highest BCUT2D eigenvalue weighted by Gasteiger charge is 2.21. The number of nitrogens with one attached hydrogen (secondary N) is 2. The summed E-state index contributed by atoms with van der Waals surface area (Å²) in [4.78, 5) is 18.7. The highest BCUT2D eigenvalue weighted by molar-refractivity contribution is 7.09. The molecule has 3 aromatic heterocycles. The summed E-state index contributed by atoms with van der Waals surface area (Å²) in [6.45, 7) is 4.84. The van der Waals surface area contributed by atoms with E-state index in [-0.39, 0.29) is 11.9 Å². The largest absolute Gasteiger partial charge is 0.381 e. The summed E-state index contributed by atoms with van der Waals surface area (Å²) in [5.74, 6) is -0.107. The van der Waals surface area contributed by atoms with Gasteiger partial charge in [0.15, 0.2) is 5.65 Å². The minimum atomic E-state index is -0.107. The minimum Gasteiger partial charge on any atom is -0.381 e. The third kappa shape index (κ3) is 4.02. The van der Waals surface area contributed by atoms with Crippen LogP contribution in [-0.4, -0.2) is 46.5 Å². The van der Waals surface area contributed by atoms with Crippen molar-refractivity contribution in [1.29, 1.82) is 0 Å². The van der Waals surface area contributed by atoms with Crippen molar-refractivity contribution in [2.45, 2.75) is 38.8 Å². The number of rotatable bonds is 7. The number of hydrogen-bond acceptors (Lipinski definition) is 6. The van der Waals surface area contributed by atoms with Crippen molar-refractivity contribution in [3.63, 3.8) is 0 Å². The van der Waals surface area contributed by atoms with Gasteiger partial charge in [-0.3, -0.25) is 4.79 Å². The topological polar surface area (TPSA) is 81.1 Å². The summed E-state index contributed by atoms with van der Waals surface area (Å²) in [5, 5.41) is 14.0. The Morgan fingerprint density at radius 3 is 2.96 bits per heavy atom. The molecule has 4 heterocycles. The van der Waals surface area contributed by atoms with Crippen molar-refractivity contribution in [2.75, 3.05) is 25.1 Å². The van der Waals surface area contributed by atoms with E-state index in [4.69, 9.17) is 4.74 Å². The van der Waals surface area contributed by atoms with Crippen LogP contribution in [0.1, 0.15) is 35.0 Å². The van der Waals surface area contributed by atoms with Crippen LogP contribution in [0.2, 0.25) is 0 Å². The number of hydrogen-bond donors (Lipinski definition) is 2. The summed E-state index contributed by atoms with van der Waals surface area (Å²) in [6.07, 6.45) is 6.14. The summed E-state index contributed by atoms with van der Waals surface area (Å²) in [7, 11) is 0. The molecule has 0 aromatic carbocycles.